The first kappa shape index (κ1) is 15.3. The third kappa shape index (κ3) is 2.57. The van der Waals surface area contributed by atoms with E-state index in [4.69, 9.17) is 21.1 Å². The van der Waals surface area contributed by atoms with Crippen molar-refractivity contribution in [3.05, 3.63) is 33.2 Å². The van der Waals surface area contributed by atoms with Crippen LogP contribution in [0.25, 0.3) is 10.4 Å². The number of rotatable bonds is 4. The number of aliphatic hydroxyl groups is 2. The van der Waals surface area contributed by atoms with Crippen LogP contribution in [0.1, 0.15) is 19.6 Å². The van der Waals surface area contributed by atoms with Gasteiger partial charge in [0.15, 0.2) is 5.72 Å². The average Bonchev–Trinajstić information content (AvgIpc) is 2.66. The van der Waals surface area contributed by atoms with Crippen molar-refractivity contribution in [2.24, 2.45) is 11.0 Å². The first-order valence-corrected chi connectivity index (χ1v) is 6.33. The topological polar surface area (TPSA) is 159 Å². The summed E-state index contributed by atoms with van der Waals surface area (Å²) in [5.41, 5.74) is 11.8. The Hall–Kier alpha value is -2.13. The second-order valence-electron chi connectivity index (χ2n) is 4.86. The molecule has 21 heavy (non-hydrogen) atoms. The Morgan fingerprint density at radius 2 is 2.43 bits per heavy atom. The fraction of sp³-hybridized carbons (Fsp3) is 0.636. The zero-order chi connectivity index (χ0) is 15.6. The van der Waals surface area contributed by atoms with E-state index in [1.165, 1.54) is 12.3 Å². The monoisotopic (exact) mass is 296 g/mol. The van der Waals surface area contributed by atoms with E-state index >= 15 is 0 Å². The molecule has 1 aliphatic rings. The van der Waals surface area contributed by atoms with E-state index in [0.717, 1.165) is 4.57 Å². The van der Waals surface area contributed by atoms with Gasteiger partial charge in [-0.25, -0.2) is 4.79 Å². The maximum Gasteiger partial charge on any atom is 0.351 e. The lowest BCUT2D eigenvalue weighted by molar-refractivity contribution is -0.109. The Labute approximate surface area is 119 Å². The van der Waals surface area contributed by atoms with Gasteiger partial charge in [0.1, 0.15) is 12.0 Å². The fourth-order valence-corrected chi connectivity index (χ4v) is 2.46. The van der Waals surface area contributed by atoms with Crippen LogP contribution in [-0.2, 0) is 4.74 Å². The number of hydrogen-bond donors (Lipinski definition) is 3. The molecule has 2 rings (SSSR count). The largest absolute Gasteiger partial charge is 0.396 e. The lowest BCUT2D eigenvalue weighted by Gasteiger charge is -2.26. The molecule has 4 atom stereocenters. The summed E-state index contributed by atoms with van der Waals surface area (Å²) in [4.78, 5) is 18.1. The van der Waals surface area contributed by atoms with E-state index in [1.807, 2.05) is 0 Å². The van der Waals surface area contributed by atoms with Gasteiger partial charge in [-0.15, -0.1) is 0 Å². The highest BCUT2D eigenvalue weighted by molar-refractivity contribution is 5.23. The van der Waals surface area contributed by atoms with Gasteiger partial charge in [-0.05, 0) is 11.6 Å². The highest BCUT2D eigenvalue weighted by Gasteiger charge is 2.53. The maximum absolute atomic E-state index is 11.9. The lowest BCUT2D eigenvalue weighted by atomic mass is 9.95. The van der Waals surface area contributed by atoms with E-state index in [1.54, 1.807) is 6.92 Å². The second-order valence-corrected chi connectivity index (χ2v) is 4.86. The first-order valence-electron chi connectivity index (χ1n) is 6.33. The predicted molar refractivity (Wildman–Crippen MR) is 71.8 cm³/mol. The van der Waals surface area contributed by atoms with Crippen molar-refractivity contribution >= 4 is 5.82 Å². The molecular formula is C11H16N6O4. The summed E-state index contributed by atoms with van der Waals surface area (Å²) < 4.78 is 6.78. The van der Waals surface area contributed by atoms with Gasteiger partial charge in [0.05, 0.1) is 6.10 Å². The predicted octanol–water partition coefficient (Wildman–Crippen LogP) is -0.260. The Morgan fingerprint density at radius 1 is 1.71 bits per heavy atom. The molecule has 1 aromatic rings. The summed E-state index contributed by atoms with van der Waals surface area (Å²) in [5, 5.41) is 22.9. The zero-order valence-corrected chi connectivity index (χ0v) is 11.3. The van der Waals surface area contributed by atoms with Gasteiger partial charge in [-0.3, -0.25) is 4.57 Å². The zero-order valence-electron chi connectivity index (χ0n) is 11.3. The Kier molecular flexibility index (Phi) is 4.14. The minimum absolute atomic E-state index is 0.0686. The van der Waals surface area contributed by atoms with Crippen molar-refractivity contribution in [3.63, 3.8) is 0 Å². The molecule has 0 amide bonds. The van der Waals surface area contributed by atoms with Crippen molar-refractivity contribution in [3.8, 4) is 0 Å². The van der Waals surface area contributed by atoms with Crippen molar-refractivity contribution in [2.45, 2.75) is 31.4 Å². The fourth-order valence-electron chi connectivity index (χ4n) is 2.46. The number of azide groups is 1. The smallest absolute Gasteiger partial charge is 0.351 e. The highest BCUT2D eigenvalue weighted by Crippen LogP contribution is 2.43. The molecular weight excluding hydrogens is 280 g/mol. The number of aliphatic hydroxyl groups excluding tert-OH is 2. The molecule has 1 saturated heterocycles. The molecule has 1 aromatic heterocycles. The van der Waals surface area contributed by atoms with Crippen molar-refractivity contribution in [2.75, 3.05) is 12.3 Å². The Morgan fingerprint density at radius 3 is 3.00 bits per heavy atom. The molecule has 0 spiro atoms. The number of anilines is 1. The highest BCUT2D eigenvalue weighted by atomic mass is 16.6. The van der Waals surface area contributed by atoms with Crippen LogP contribution in [0.4, 0.5) is 5.82 Å². The maximum atomic E-state index is 11.9. The van der Waals surface area contributed by atoms with E-state index in [2.05, 4.69) is 15.0 Å². The van der Waals surface area contributed by atoms with Crippen LogP contribution in [0, 0.1) is 5.92 Å². The molecule has 1 fully saturated rings. The SMILES string of the molecule is C[C@@H]1[C@H](n2ccc(N)nc2=O)O[C@@](CCO)(N=[N+]=[N-])[C@H]1O. The normalized spacial score (nSPS) is 31.9. The van der Waals surface area contributed by atoms with E-state index < -0.39 is 29.7 Å². The number of hydrogen-bond acceptors (Lipinski definition) is 7. The van der Waals surface area contributed by atoms with Crippen LogP contribution >= 0.6 is 0 Å². The Balaban J connectivity index is 2.43. The third-order valence-electron chi connectivity index (χ3n) is 3.54. The van der Waals surface area contributed by atoms with Gasteiger partial charge in [0, 0.05) is 30.1 Å². The van der Waals surface area contributed by atoms with Crippen molar-refractivity contribution in [1.82, 2.24) is 9.55 Å². The van der Waals surface area contributed by atoms with Gasteiger partial charge in [-0.1, -0.05) is 12.0 Å². The number of aromatic nitrogens is 2. The number of ether oxygens (including phenoxy) is 1. The molecule has 0 aliphatic carbocycles. The molecule has 0 saturated carbocycles. The number of nitrogens with two attached hydrogens (primary N) is 1. The Bertz CT molecular complexity index is 627. The minimum atomic E-state index is -1.62. The average molecular weight is 296 g/mol. The molecule has 4 N–H and O–H groups in total. The molecule has 10 heteroatoms. The van der Waals surface area contributed by atoms with Crippen molar-refractivity contribution < 1.29 is 14.9 Å². The second kappa shape index (κ2) is 5.70. The van der Waals surface area contributed by atoms with Crippen LogP contribution in [0.2, 0.25) is 0 Å². The van der Waals surface area contributed by atoms with E-state index in [0.29, 0.717) is 0 Å². The standard InChI is InChI=1S/C11H16N6O4/c1-6-8(19)11(3-5-18,15-16-13)21-9(6)17-4-2-7(12)14-10(17)20/h2,4,6,8-9,18-19H,3,5H2,1H3,(H2,12,14,20)/t6-,8-,9+,11+/m0/s1. The molecule has 0 bridgehead atoms. The number of nitrogen functional groups attached to an aromatic ring is 1. The van der Waals surface area contributed by atoms with Crippen LogP contribution < -0.4 is 11.4 Å². The van der Waals surface area contributed by atoms with E-state index in [-0.39, 0.29) is 18.8 Å². The van der Waals surface area contributed by atoms with Gasteiger partial charge in [-0.2, -0.15) is 4.98 Å². The molecule has 10 nitrogen and oxygen atoms in total. The van der Waals surface area contributed by atoms with Gasteiger partial charge in [0.2, 0.25) is 0 Å². The van der Waals surface area contributed by atoms with Gasteiger partial charge in [0.25, 0.3) is 0 Å². The summed E-state index contributed by atoms with van der Waals surface area (Å²) in [6.07, 6.45) is -0.743. The molecule has 2 heterocycles. The minimum Gasteiger partial charge on any atom is -0.396 e. The van der Waals surface area contributed by atoms with Crippen LogP contribution in [0.3, 0.4) is 0 Å². The van der Waals surface area contributed by atoms with E-state index in [9.17, 15) is 9.90 Å². The molecule has 0 aromatic carbocycles. The third-order valence-corrected chi connectivity index (χ3v) is 3.54. The molecule has 114 valence electrons. The van der Waals surface area contributed by atoms with Gasteiger partial charge >= 0.3 is 5.69 Å². The number of nitrogens with zero attached hydrogens (tertiary/aromatic N) is 5. The molecule has 1 aliphatic heterocycles. The lowest BCUT2D eigenvalue weighted by Crippen LogP contribution is -2.39. The first-order chi connectivity index (χ1) is 9.95. The van der Waals surface area contributed by atoms with Crippen LogP contribution in [0.15, 0.2) is 22.2 Å². The quantitative estimate of drug-likeness (QED) is 0.394. The summed E-state index contributed by atoms with van der Waals surface area (Å²) in [5.74, 6) is -0.482. The summed E-state index contributed by atoms with van der Waals surface area (Å²) in [6, 6.07) is 1.42. The summed E-state index contributed by atoms with van der Waals surface area (Å²) in [7, 11) is 0. The van der Waals surface area contributed by atoms with Crippen molar-refractivity contribution in [1.29, 1.82) is 0 Å². The van der Waals surface area contributed by atoms with Crippen LogP contribution in [0.5, 0.6) is 0 Å². The summed E-state index contributed by atoms with van der Waals surface area (Å²) in [6.45, 7) is 1.30. The molecule has 0 unspecified atom stereocenters. The molecule has 0 radical (unpaired) electrons. The van der Waals surface area contributed by atoms with Crippen LogP contribution in [-0.4, -0.2) is 38.2 Å². The van der Waals surface area contributed by atoms with Gasteiger partial charge < -0.3 is 20.7 Å². The summed E-state index contributed by atoms with van der Waals surface area (Å²) >= 11 is 0.